The molecule has 4 rings (SSSR count). The van der Waals surface area contributed by atoms with Crippen molar-refractivity contribution >= 4 is 27.8 Å². The predicted octanol–water partition coefficient (Wildman–Crippen LogP) is 3.94. The Morgan fingerprint density at radius 3 is 2.73 bits per heavy atom. The molecule has 0 aliphatic rings. The molecule has 0 aliphatic heterocycles. The van der Waals surface area contributed by atoms with Gasteiger partial charge in [0, 0.05) is 22.5 Å². The number of esters is 1. The lowest BCUT2D eigenvalue weighted by atomic mass is 10.2. The van der Waals surface area contributed by atoms with Crippen molar-refractivity contribution in [2.45, 2.75) is 0 Å². The average molecular weight is 288 g/mol. The number of hydrogen-bond acceptors (Lipinski definition) is 3. The number of pyridine rings is 1. The molecule has 2 aromatic heterocycles. The Labute approximate surface area is 126 Å². The maximum Gasteiger partial charge on any atom is 0.362 e. The highest BCUT2D eigenvalue weighted by atomic mass is 16.5. The highest BCUT2D eigenvalue weighted by Crippen LogP contribution is 2.25. The summed E-state index contributed by atoms with van der Waals surface area (Å²) in [6.07, 6.45) is 1.68. The van der Waals surface area contributed by atoms with Crippen LogP contribution in [0.3, 0.4) is 0 Å². The van der Waals surface area contributed by atoms with Crippen LogP contribution in [0.1, 0.15) is 10.5 Å². The van der Waals surface area contributed by atoms with Crippen LogP contribution in [-0.2, 0) is 0 Å². The molecule has 2 aromatic carbocycles. The van der Waals surface area contributed by atoms with Crippen molar-refractivity contribution in [1.29, 1.82) is 0 Å². The number of nitrogens with one attached hydrogen (secondary N) is 1. The van der Waals surface area contributed by atoms with Crippen LogP contribution < -0.4 is 4.74 Å². The Bertz CT molecular complexity index is 988. The predicted molar refractivity (Wildman–Crippen MR) is 85.0 cm³/mol. The first-order chi connectivity index (χ1) is 10.8. The van der Waals surface area contributed by atoms with Crippen molar-refractivity contribution in [3.8, 4) is 5.75 Å². The molecule has 0 atom stereocenters. The smallest absolute Gasteiger partial charge is 0.362 e. The second-order valence-corrected chi connectivity index (χ2v) is 4.98. The summed E-state index contributed by atoms with van der Waals surface area (Å²) in [6, 6.07) is 18.9. The number of nitrogens with zero attached hydrogens (tertiary/aromatic N) is 1. The second-order valence-electron chi connectivity index (χ2n) is 4.98. The molecule has 0 unspecified atom stereocenters. The molecular formula is C18H12N2O2. The summed E-state index contributed by atoms with van der Waals surface area (Å²) in [5, 5.41) is 1.86. The van der Waals surface area contributed by atoms with Gasteiger partial charge in [0.15, 0.2) is 5.75 Å². The van der Waals surface area contributed by atoms with Crippen LogP contribution in [0.4, 0.5) is 0 Å². The van der Waals surface area contributed by atoms with Crippen LogP contribution >= 0.6 is 0 Å². The van der Waals surface area contributed by atoms with Crippen LogP contribution in [-0.4, -0.2) is 15.9 Å². The Morgan fingerprint density at radius 2 is 1.77 bits per heavy atom. The van der Waals surface area contributed by atoms with Crippen molar-refractivity contribution in [1.82, 2.24) is 9.97 Å². The molecule has 0 saturated carbocycles. The molecular weight excluding hydrogens is 276 g/mol. The van der Waals surface area contributed by atoms with Crippen LogP contribution in [0, 0.1) is 0 Å². The summed E-state index contributed by atoms with van der Waals surface area (Å²) in [7, 11) is 0. The lowest BCUT2D eigenvalue weighted by molar-refractivity contribution is 0.0731. The Kier molecular flexibility index (Phi) is 2.86. The molecule has 1 N–H and O–H groups in total. The van der Waals surface area contributed by atoms with Crippen LogP contribution in [0.25, 0.3) is 21.8 Å². The third-order valence-corrected chi connectivity index (χ3v) is 3.56. The minimum Gasteiger partial charge on any atom is -0.420 e. The molecule has 0 saturated heterocycles. The first-order valence-electron chi connectivity index (χ1n) is 6.95. The quantitative estimate of drug-likeness (QED) is 0.568. The number of benzene rings is 2. The standard InChI is InChI=1S/C18H12N2O2/c21-18(16-10-9-12-5-1-3-7-14(12)20-16)22-17-11-19-15-8-4-2-6-13(15)17/h1-11,19H. The summed E-state index contributed by atoms with van der Waals surface area (Å²) in [5.41, 5.74) is 2.00. The number of aromatic nitrogens is 2. The van der Waals surface area contributed by atoms with Gasteiger partial charge in [-0.25, -0.2) is 9.78 Å². The molecule has 106 valence electrons. The van der Waals surface area contributed by atoms with Gasteiger partial charge < -0.3 is 9.72 Å². The van der Waals surface area contributed by atoms with Gasteiger partial charge in [0.1, 0.15) is 5.69 Å². The van der Waals surface area contributed by atoms with Gasteiger partial charge in [0.25, 0.3) is 0 Å². The third-order valence-electron chi connectivity index (χ3n) is 3.56. The van der Waals surface area contributed by atoms with E-state index in [4.69, 9.17) is 4.74 Å². The molecule has 0 bridgehead atoms. The zero-order valence-corrected chi connectivity index (χ0v) is 11.6. The number of hydrogen-bond donors (Lipinski definition) is 1. The number of ether oxygens (including phenoxy) is 1. The van der Waals surface area contributed by atoms with Crippen molar-refractivity contribution in [3.63, 3.8) is 0 Å². The number of carbonyl (C=O) groups is 1. The SMILES string of the molecule is O=C(Oc1c[nH]c2ccccc12)c1ccc2ccccc2n1. The van der Waals surface area contributed by atoms with Crippen molar-refractivity contribution in [3.05, 3.63) is 72.6 Å². The molecule has 0 aliphatic carbocycles. The Balaban J connectivity index is 1.68. The minimum atomic E-state index is -0.462. The maximum atomic E-state index is 12.3. The molecule has 2 heterocycles. The highest BCUT2D eigenvalue weighted by molar-refractivity contribution is 5.95. The van der Waals surface area contributed by atoms with E-state index in [-0.39, 0.29) is 0 Å². The summed E-state index contributed by atoms with van der Waals surface area (Å²) in [6.45, 7) is 0. The number of rotatable bonds is 2. The fourth-order valence-electron chi connectivity index (χ4n) is 2.46. The van der Waals surface area contributed by atoms with Crippen LogP contribution in [0.2, 0.25) is 0 Å². The van der Waals surface area contributed by atoms with E-state index in [1.807, 2.05) is 54.6 Å². The normalized spacial score (nSPS) is 10.9. The zero-order valence-electron chi connectivity index (χ0n) is 11.6. The van der Waals surface area contributed by atoms with Gasteiger partial charge in [-0.3, -0.25) is 0 Å². The highest BCUT2D eigenvalue weighted by Gasteiger charge is 2.13. The minimum absolute atomic E-state index is 0.295. The van der Waals surface area contributed by atoms with E-state index >= 15 is 0 Å². The first-order valence-corrected chi connectivity index (χ1v) is 6.95. The summed E-state index contributed by atoms with van der Waals surface area (Å²) < 4.78 is 5.47. The maximum absolute atomic E-state index is 12.3. The van der Waals surface area contributed by atoms with E-state index < -0.39 is 5.97 Å². The van der Waals surface area contributed by atoms with E-state index in [9.17, 15) is 4.79 Å². The van der Waals surface area contributed by atoms with E-state index in [0.717, 1.165) is 21.8 Å². The van der Waals surface area contributed by atoms with Gasteiger partial charge in [0.2, 0.25) is 0 Å². The fourth-order valence-corrected chi connectivity index (χ4v) is 2.46. The lowest BCUT2D eigenvalue weighted by Gasteiger charge is -2.03. The van der Waals surface area contributed by atoms with E-state index in [1.54, 1.807) is 12.3 Å². The first kappa shape index (κ1) is 12.6. The summed E-state index contributed by atoms with van der Waals surface area (Å²) in [4.78, 5) is 19.7. The van der Waals surface area contributed by atoms with Crippen LogP contribution in [0.15, 0.2) is 66.9 Å². The molecule has 0 fully saturated rings. The Morgan fingerprint density at radius 1 is 0.955 bits per heavy atom. The molecule has 0 radical (unpaired) electrons. The number of para-hydroxylation sites is 2. The van der Waals surface area contributed by atoms with Crippen molar-refractivity contribution in [2.75, 3.05) is 0 Å². The van der Waals surface area contributed by atoms with Gasteiger partial charge >= 0.3 is 5.97 Å². The second kappa shape index (κ2) is 5.00. The van der Waals surface area contributed by atoms with Crippen LogP contribution in [0.5, 0.6) is 5.75 Å². The summed E-state index contributed by atoms with van der Waals surface area (Å²) >= 11 is 0. The molecule has 22 heavy (non-hydrogen) atoms. The zero-order chi connectivity index (χ0) is 14.9. The van der Waals surface area contributed by atoms with Gasteiger partial charge in [-0.1, -0.05) is 36.4 Å². The lowest BCUT2D eigenvalue weighted by Crippen LogP contribution is -2.10. The molecule has 0 amide bonds. The van der Waals surface area contributed by atoms with E-state index in [1.165, 1.54) is 0 Å². The third kappa shape index (κ3) is 2.11. The van der Waals surface area contributed by atoms with Crippen molar-refractivity contribution in [2.24, 2.45) is 0 Å². The Hall–Kier alpha value is -3.14. The van der Waals surface area contributed by atoms with Crippen molar-refractivity contribution < 1.29 is 9.53 Å². The van der Waals surface area contributed by atoms with E-state index in [2.05, 4.69) is 9.97 Å². The summed E-state index contributed by atoms with van der Waals surface area (Å²) in [5.74, 6) is 0.0473. The topological polar surface area (TPSA) is 55.0 Å². The molecule has 4 aromatic rings. The van der Waals surface area contributed by atoms with E-state index in [0.29, 0.717) is 11.4 Å². The molecule has 4 nitrogen and oxygen atoms in total. The number of H-pyrrole nitrogens is 1. The fraction of sp³-hybridized carbons (Fsp3) is 0. The largest absolute Gasteiger partial charge is 0.420 e. The monoisotopic (exact) mass is 288 g/mol. The van der Waals surface area contributed by atoms with Gasteiger partial charge in [-0.2, -0.15) is 0 Å². The van der Waals surface area contributed by atoms with Gasteiger partial charge in [-0.05, 0) is 24.3 Å². The van der Waals surface area contributed by atoms with Gasteiger partial charge in [-0.15, -0.1) is 0 Å². The average Bonchev–Trinajstić information content (AvgIpc) is 2.97. The molecule has 0 spiro atoms. The number of fused-ring (bicyclic) bond motifs is 2. The molecule has 4 heteroatoms. The van der Waals surface area contributed by atoms with Gasteiger partial charge in [0.05, 0.1) is 5.52 Å². The number of carbonyl (C=O) groups excluding carboxylic acids is 1. The number of aromatic amines is 1.